The normalized spacial score (nSPS) is 39.8. The first-order valence-electron chi connectivity index (χ1n) is 5.69. The smallest absolute Gasteiger partial charge is 0.298 e. The van der Waals surface area contributed by atoms with E-state index in [9.17, 15) is 22.8 Å². The molecule has 3 atom stereocenters. The van der Waals surface area contributed by atoms with Crippen molar-refractivity contribution < 1.29 is 22.8 Å². The van der Waals surface area contributed by atoms with Crippen molar-refractivity contribution in [3.05, 3.63) is 0 Å². The largest absolute Gasteiger partial charge is 0.450 e. The first kappa shape index (κ1) is 12.6. The number of halogens is 3. The standard InChI is InChI=1S/C12H15F3O2/c1-10(2)6-4-5-11(10,3)8(16)7(6)9(17)12(13,14)15/h6-7H,4-5H2,1-3H3/t6?,7?,11-/m0/s1. The number of rotatable bonds is 1. The minimum atomic E-state index is -4.91. The van der Waals surface area contributed by atoms with Crippen LogP contribution in [-0.2, 0) is 9.59 Å². The Morgan fingerprint density at radius 1 is 1.29 bits per heavy atom. The van der Waals surface area contributed by atoms with Crippen LogP contribution >= 0.6 is 0 Å². The van der Waals surface area contributed by atoms with Crippen LogP contribution in [0.4, 0.5) is 13.2 Å². The summed E-state index contributed by atoms with van der Waals surface area (Å²) in [5, 5.41) is 0. The third-order valence-corrected chi connectivity index (χ3v) is 5.09. The maximum Gasteiger partial charge on any atom is 0.450 e. The number of hydrogen-bond donors (Lipinski definition) is 0. The molecule has 0 spiro atoms. The van der Waals surface area contributed by atoms with Gasteiger partial charge < -0.3 is 0 Å². The SMILES string of the molecule is CC1(C)C2CC[C@@]1(C)C(=O)C2C(=O)C(F)(F)F. The monoisotopic (exact) mass is 248 g/mol. The molecule has 5 heteroatoms. The summed E-state index contributed by atoms with van der Waals surface area (Å²) in [6.45, 7) is 5.29. The van der Waals surface area contributed by atoms with Gasteiger partial charge in [0.25, 0.3) is 0 Å². The molecule has 2 aliphatic rings. The molecular weight excluding hydrogens is 233 g/mol. The molecule has 0 heterocycles. The zero-order valence-electron chi connectivity index (χ0n) is 10.0. The van der Waals surface area contributed by atoms with Crippen molar-refractivity contribution in [2.75, 3.05) is 0 Å². The molecule has 0 saturated heterocycles. The third kappa shape index (κ3) is 1.34. The van der Waals surface area contributed by atoms with E-state index in [-0.39, 0.29) is 0 Å². The van der Waals surface area contributed by atoms with Gasteiger partial charge in [-0.2, -0.15) is 13.2 Å². The van der Waals surface area contributed by atoms with E-state index in [0.29, 0.717) is 12.8 Å². The van der Waals surface area contributed by atoms with E-state index in [0.717, 1.165) is 0 Å². The molecule has 2 rings (SSSR count). The Balaban J connectivity index is 2.42. The van der Waals surface area contributed by atoms with E-state index < -0.39 is 40.4 Å². The van der Waals surface area contributed by atoms with Gasteiger partial charge in [0.05, 0.1) is 5.92 Å². The average Bonchev–Trinajstić information content (AvgIpc) is 2.47. The average molecular weight is 248 g/mol. The number of carbonyl (C=O) groups excluding carboxylic acids is 2. The molecule has 0 radical (unpaired) electrons. The van der Waals surface area contributed by atoms with E-state index in [1.54, 1.807) is 20.8 Å². The number of alkyl halides is 3. The van der Waals surface area contributed by atoms with E-state index >= 15 is 0 Å². The van der Waals surface area contributed by atoms with Gasteiger partial charge in [0, 0.05) is 5.41 Å². The quantitative estimate of drug-likeness (QED) is 0.669. The molecule has 2 aliphatic carbocycles. The van der Waals surface area contributed by atoms with Crippen molar-refractivity contribution in [1.29, 1.82) is 0 Å². The first-order valence-corrected chi connectivity index (χ1v) is 5.69. The van der Waals surface area contributed by atoms with Gasteiger partial charge in [0.1, 0.15) is 5.78 Å². The molecule has 0 amide bonds. The summed E-state index contributed by atoms with van der Waals surface area (Å²) in [7, 11) is 0. The summed E-state index contributed by atoms with van der Waals surface area (Å²) in [6, 6.07) is 0. The fourth-order valence-corrected chi connectivity index (χ4v) is 3.56. The molecule has 96 valence electrons. The summed E-state index contributed by atoms with van der Waals surface area (Å²) in [4.78, 5) is 23.4. The highest BCUT2D eigenvalue weighted by atomic mass is 19.4. The van der Waals surface area contributed by atoms with Crippen LogP contribution in [0.25, 0.3) is 0 Å². The molecular formula is C12H15F3O2. The van der Waals surface area contributed by atoms with Gasteiger partial charge in [-0.1, -0.05) is 20.8 Å². The topological polar surface area (TPSA) is 34.1 Å². The van der Waals surface area contributed by atoms with Gasteiger partial charge in [-0.15, -0.1) is 0 Å². The second kappa shape index (κ2) is 3.12. The minimum absolute atomic E-state index is 0.464. The number of hydrogen-bond acceptors (Lipinski definition) is 2. The lowest BCUT2D eigenvalue weighted by Gasteiger charge is -2.32. The summed E-state index contributed by atoms with van der Waals surface area (Å²) in [5.41, 5.74) is -1.29. The second-order valence-electron chi connectivity index (χ2n) is 5.90. The van der Waals surface area contributed by atoms with Crippen LogP contribution in [0.1, 0.15) is 33.6 Å². The van der Waals surface area contributed by atoms with Crippen LogP contribution in [-0.4, -0.2) is 17.7 Å². The van der Waals surface area contributed by atoms with Crippen LogP contribution in [0.3, 0.4) is 0 Å². The highest BCUT2D eigenvalue weighted by molar-refractivity contribution is 6.09. The Morgan fingerprint density at radius 2 is 1.82 bits per heavy atom. The molecule has 2 fully saturated rings. The van der Waals surface area contributed by atoms with Gasteiger partial charge in [-0.25, -0.2) is 0 Å². The molecule has 2 bridgehead atoms. The highest BCUT2D eigenvalue weighted by Crippen LogP contribution is 2.66. The Labute approximate surface area is 97.6 Å². The van der Waals surface area contributed by atoms with Crippen molar-refractivity contribution in [3.8, 4) is 0 Å². The van der Waals surface area contributed by atoms with Crippen LogP contribution in [0.5, 0.6) is 0 Å². The lowest BCUT2D eigenvalue weighted by atomic mass is 9.70. The van der Waals surface area contributed by atoms with Gasteiger partial charge in [0.2, 0.25) is 5.78 Å². The predicted octanol–water partition coefficient (Wildman–Crippen LogP) is 2.76. The van der Waals surface area contributed by atoms with Crippen molar-refractivity contribution in [2.24, 2.45) is 22.7 Å². The molecule has 0 aromatic heterocycles. The predicted molar refractivity (Wildman–Crippen MR) is 54.2 cm³/mol. The van der Waals surface area contributed by atoms with Gasteiger partial charge >= 0.3 is 6.18 Å². The van der Waals surface area contributed by atoms with Crippen LogP contribution in [0.15, 0.2) is 0 Å². The molecule has 0 aromatic rings. The fourth-order valence-electron chi connectivity index (χ4n) is 3.56. The molecule has 0 aromatic carbocycles. The Bertz CT molecular complexity index is 397. The maximum atomic E-state index is 12.5. The zero-order chi connectivity index (χ0) is 13.2. The first-order chi connectivity index (χ1) is 7.53. The Kier molecular flexibility index (Phi) is 2.31. The molecule has 2 nitrogen and oxygen atoms in total. The minimum Gasteiger partial charge on any atom is -0.298 e. The van der Waals surface area contributed by atoms with Crippen molar-refractivity contribution in [1.82, 2.24) is 0 Å². The Morgan fingerprint density at radius 3 is 2.18 bits per heavy atom. The number of fused-ring (bicyclic) bond motifs is 2. The summed E-state index contributed by atoms with van der Waals surface area (Å²) in [5.74, 6) is -4.30. The number of Topliss-reactive ketones (excluding diaryl/α,β-unsaturated/α-hetero) is 2. The summed E-state index contributed by atoms with van der Waals surface area (Å²) in [6.07, 6.45) is -3.79. The van der Waals surface area contributed by atoms with Crippen molar-refractivity contribution in [2.45, 2.75) is 39.8 Å². The van der Waals surface area contributed by atoms with E-state index in [1.807, 2.05) is 0 Å². The maximum absolute atomic E-state index is 12.5. The van der Waals surface area contributed by atoms with E-state index in [2.05, 4.69) is 0 Å². The second-order valence-corrected chi connectivity index (χ2v) is 5.90. The Hall–Kier alpha value is -0.870. The molecule has 17 heavy (non-hydrogen) atoms. The molecule has 2 saturated carbocycles. The van der Waals surface area contributed by atoms with E-state index in [1.165, 1.54) is 0 Å². The van der Waals surface area contributed by atoms with E-state index in [4.69, 9.17) is 0 Å². The van der Waals surface area contributed by atoms with Crippen molar-refractivity contribution in [3.63, 3.8) is 0 Å². The zero-order valence-corrected chi connectivity index (χ0v) is 10.0. The van der Waals surface area contributed by atoms with Crippen molar-refractivity contribution >= 4 is 11.6 Å². The summed E-state index contributed by atoms with van der Waals surface area (Å²) < 4.78 is 37.4. The van der Waals surface area contributed by atoms with Crippen LogP contribution in [0.2, 0.25) is 0 Å². The third-order valence-electron chi connectivity index (χ3n) is 5.09. The molecule has 2 unspecified atom stereocenters. The summed E-state index contributed by atoms with van der Waals surface area (Å²) >= 11 is 0. The fraction of sp³-hybridized carbons (Fsp3) is 0.833. The number of ketones is 2. The van der Waals surface area contributed by atoms with Gasteiger partial charge in [0.15, 0.2) is 0 Å². The van der Waals surface area contributed by atoms with Crippen LogP contribution < -0.4 is 0 Å². The van der Waals surface area contributed by atoms with Crippen LogP contribution in [0, 0.1) is 22.7 Å². The molecule has 0 aliphatic heterocycles. The highest BCUT2D eigenvalue weighted by Gasteiger charge is 2.70. The number of carbonyl (C=O) groups is 2. The molecule has 0 N–H and O–H groups in total. The lowest BCUT2D eigenvalue weighted by molar-refractivity contribution is -0.178. The lowest BCUT2D eigenvalue weighted by Crippen LogP contribution is -2.40. The van der Waals surface area contributed by atoms with Gasteiger partial charge in [-0.05, 0) is 24.2 Å². The van der Waals surface area contributed by atoms with Gasteiger partial charge in [-0.3, -0.25) is 9.59 Å².